The molecule has 1 atom stereocenters. The van der Waals surface area contributed by atoms with Gasteiger partial charge < -0.3 is 15.0 Å². The maximum absolute atomic E-state index is 5.86. The van der Waals surface area contributed by atoms with Crippen molar-refractivity contribution in [2.75, 3.05) is 20.1 Å². The summed E-state index contributed by atoms with van der Waals surface area (Å²) in [6, 6.07) is 18.0. The molecule has 2 heterocycles. The van der Waals surface area contributed by atoms with Gasteiger partial charge in [-0.2, -0.15) is 5.10 Å². The Morgan fingerprint density at radius 3 is 2.59 bits per heavy atom. The van der Waals surface area contributed by atoms with E-state index in [1.165, 1.54) is 11.1 Å². The summed E-state index contributed by atoms with van der Waals surface area (Å²) in [5.74, 6) is 3.14. The second-order valence-corrected chi connectivity index (χ2v) is 7.34. The van der Waals surface area contributed by atoms with Gasteiger partial charge in [-0.1, -0.05) is 30.3 Å². The van der Waals surface area contributed by atoms with Crippen LogP contribution in [0.5, 0.6) is 11.5 Å². The molecular weight excluding hydrogens is 362 g/mol. The molecule has 0 aliphatic carbocycles. The lowest BCUT2D eigenvalue weighted by Crippen LogP contribution is -2.39. The third-order valence-electron chi connectivity index (χ3n) is 5.25. The van der Waals surface area contributed by atoms with Crippen LogP contribution >= 0.6 is 0 Å². The average Bonchev–Trinajstić information content (AvgIpc) is 3.40. The number of rotatable bonds is 5. The highest BCUT2D eigenvalue weighted by Gasteiger charge is 2.26. The topological polar surface area (TPSA) is 54.7 Å². The third kappa shape index (κ3) is 4.77. The Morgan fingerprint density at radius 1 is 1.14 bits per heavy atom. The molecule has 29 heavy (non-hydrogen) atoms. The van der Waals surface area contributed by atoms with Crippen LogP contribution in [0.15, 0.2) is 72.0 Å². The van der Waals surface area contributed by atoms with Crippen molar-refractivity contribution in [1.82, 2.24) is 20.0 Å². The summed E-state index contributed by atoms with van der Waals surface area (Å²) in [4.78, 5) is 6.80. The van der Waals surface area contributed by atoms with Crippen molar-refractivity contribution in [2.24, 2.45) is 12.0 Å². The lowest BCUT2D eigenvalue weighted by molar-refractivity contribution is 0.481. The maximum Gasteiger partial charge on any atom is 0.193 e. The van der Waals surface area contributed by atoms with Gasteiger partial charge in [0.05, 0.1) is 6.20 Å². The molecule has 1 N–H and O–H groups in total. The number of hydrogen-bond donors (Lipinski definition) is 1. The molecule has 150 valence electrons. The molecule has 4 rings (SSSR count). The van der Waals surface area contributed by atoms with Crippen LogP contribution in [0.4, 0.5) is 0 Å². The first-order chi connectivity index (χ1) is 14.2. The molecule has 1 saturated heterocycles. The fraction of sp³-hybridized carbons (Fsp3) is 0.304. The van der Waals surface area contributed by atoms with Crippen LogP contribution in [0, 0.1) is 0 Å². The van der Waals surface area contributed by atoms with Gasteiger partial charge in [-0.15, -0.1) is 0 Å². The molecule has 1 unspecified atom stereocenters. The molecule has 1 aromatic heterocycles. The lowest BCUT2D eigenvalue weighted by Gasteiger charge is -2.21. The van der Waals surface area contributed by atoms with E-state index in [0.29, 0.717) is 5.92 Å². The second-order valence-electron chi connectivity index (χ2n) is 7.34. The van der Waals surface area contributed by atoms with E-state index in [9.17, 15) is 0 Å². The molecule has 0 bridgehead atoms. The van der Waals surface area contributed by atoms with Gasteiger partial charge in [0.25, 0.3) is 0 Å². The smallest absolute Gasteiger partial charge is 0.193 e. The van der Waals surface area contributed by atoms with Gasteiger partial charge in [0, 0.05) is 45.8 Å². The van der Waals surface area contributed by atoms with E-state index in [-0.39, 0.29) is 0 Å². The number of aliphatic imine (C=N–C) groups is 1. The molecule has 6 nitrogen and oxygen atoms in total. The highest BCUT2D eigenvalue weighted by molar-refractivity contribution is 5.80. The number of para-hydroxylation sites is 1. The number of guanidine groups is 1. The highest BCUT2D eigenvalue weighted by Crippen LogP contribution is 2.26. The number of ether oxygens (including phenoxy) is 1. The van der Waals surface area contributed by atoms with Crippen molar-refractivity contribution in [3.05, 3.63) is 78.1 Å². The first-order valence-electron chi connectivity index (χ1n) is 9.97. The van der Waals surface area contributed by atoms with Gasteiger partial charge in [0.15, 0.2) is 5.96 Å². The number of aromatic nitrogens is 2. The third-order valence-corrected chi connectivity index (χ3v) is 5.25. The zero-order valence-corrected chi connectivity index (χ0v) is 17.0. The van der Waals surface area contributed by atoms with Gasteiger partial charge in [-0.3, -0.25) is 9.67 Å². The van der Waals surface area contributed by atoms with E-state index in [1.54, 1.807) is 0 Å². The predicted molar refractivity (Wildman–Crippen MR) is 115 cm³/mol. The number of nitrogens with one attached hydrogen (secondary N) is 1. The average molecular weight is 390 g/mol. The van der Waals surface area contributed by atoms with E-state index in [1.807, 2.05) is 67.4 Å². The van der Waals surface area contributed by atoms with Crippen LogP contribution < -0.4 is 10.1 Å². The minimum Gasteiger partial charge on any atom is -0.457 e. The van der Waals surface area contributed by atoms with Crippen LogP contribution in [-0.4, -0.2) is 40.8 Å². The van der Waals surface area contributed by atoms with Gasteiger partial charge in [-0.05, 0) is 41.8 Å². The van der Waals surface area contributed by atoms with Crippen LogP contribution in [0.1, 0.15) is 23.5 Å². The molecule has 1 fully saturated rings. The summed E-state index contributed by atoms with van der Waals surface area (Å²) in [6.07, 6.45) is 5.21. The molecule has 6 heteroatoms. The number of likely N-dealkylation sites (tertiary alicyclic amines) is 1. The van der Waals surface area contributed by atoms with Gasteiger partial charge in [0.1, 0.15) is 11.5 Å². The molecule has 0 saturated carbocycles. The van der Waals surface area contributed by atoms with Crippen LogP contribution in [0.25, 0.3) is 0 Å². The van der Waals surface area contributed by atoms with Crippen molar-refractivity contribution in [3.63, 3.8) is 0 Å². The summed E-state index contributed by atoms with van der Waals surface area (Å²) in [5.41, 5.74) is 2.49. The Morgan fingerprint density at radius 2 is 1.90 bits per heavy atom. The van der Waals surface area contributed by atoms with Crippen molar-refractivity contribution in [3.8, 4) is 11.5 Å². The molecule has 1 aliphatic rings. The van der Waals surface area contributed by atoms with E-state index in [0.717, 1.165) is 43.5 Å². The van der Waals surface area contributed by atoms with Gasteiger partial charge in [-0.25, -0.2) is 0 Å². The molecule has 0 radical (unpaired) electrons. The Kier molecular flexibility index (Phi) is 5.79. The van der Waals surface area contributed by atoms with Crippen molar-refractivity contribution in [2.45, 2.75) is 18.9 Å². The second kappa shape index (κ2) is 8.82. The molecule has 3 aromatic rings. The van der Waals surface area contributed by atoms with Gasteiger partial charge >= 0.3 is 0 Å². The standard InChI is InChI=1S/C23H27N5O/c1-24-23(28-13-12-19(17-28)20-15-26-27(2)16-20)25-14-18-8-10-22(11-9-18)29-21-6-4-3-5-7-21/h3-11,15-16,19H,12-14,17H2,1-2H3,(H,24,25). The lowest BCUT2D eigenvalue weighted by atomic mass is 10.0. The normalized spacial score (nSPS) is 16.8. The highest BCUT2D eigenvalue weighted by atomic mass is 16.5. The molecule has 2 aromatic carbocycles. The Bertz CT molecular complexity index is 949. The maximum atomic E-state index is 5.86. The van der Waals surface area contributed by atoms with E-state index < -0.39 is 0 Å². The number of nitrogens with zero attached hydrogens (tertiary/aromatic N) is 4. The van der Waals surface area contributed by atoms with E-state index >= 15 is 0 Å². The zero-order valence-electron chi connectivity index (χ0n) is 17.0. The van der Waals surface area contributed by atoms with E-state index in [2.05, 4.69) is 38.6 Å². The van der Waals surface area contributed by atoms with Crippen molar-refractivity contribution in [1.29, 1.82) is 0 Å². The van der Waals surface area contributed by atoms with Crippen LogP contribution in [0.3, 0.4) is 0 Å². The summed E-state index contributed by atoms with van der Waals surface area (Å²) in [5, 5.41) is 7.79. The minimum absolute atomic E-state index is 0.511. The summed E-state index contributed by atoms with van der Waals surface area (Å²) in [6.45, 7) is 2.70. The monoisotopic (exact) mass is 389 g/mol. The van der Waals surface area contributed by atoms with Crippen molar-refractivity contribution < 1.29 is 4.74 Å². The largest absolute Gasteiger partial charge is 0.457 e. The first-order valence-corrected chi connectivity index (χ1v) is 9.97. The Balaban J connectivity index is 1.31. The van der Waals surface area contributed by atoms with Crippen LogP contribution in [-0.2, 0) is 13.6 Å². The SMILES string of the molecule is CN=C(NCc1ccc(Oc2ccccc2)cc1)N1CCC(c2cnn(C)c2)C1. The predicted octanol–water partition coefficient (Wildman–Crippen LogP) is 3.78. The summed E-state index contributed by atoms with van der Waals surface area (Å²) in [7, 11) is 3.81. The summed E-state index contributed by atoms with van der Waals surface area (Å²) >= 11 is 0. The minimum atomic E-state index is 0.511. The molecule has 1 aliphatic heterocycles. The summed E-state index contributed by atoms with van der Waals surface area (Å²) < 4.78 is 7.73. The van der Waals surface area contributed by atoms with Crippen LogP contribution in [0.2, 0.25) is 0 Å². The fourth-order valence-electron chi connectivity index (χ4n) is 3.69. The van der Waals surface area contributed by atoms with Gasteiger partial charge in [0.2, 0.25) is 0 Å². The number of benzene rings is 2. The Labute approximate surface area is 171 Å². The fourth-order valence-corrected chi connectivity index (χ4v) is 3.69. The quantitative estimate of drug-likeness (QED) is 0.533. The number of aryl methyl sites for hydroxylation is 1. The molecule has 0 amide bonds. The Hall–Kier alpha value is -3.28. The molecular formula is C23H27N5O. The number of hydrogen-bond acceptors (Lipinski definition) is 3. The van der Waals surface area contributed by atoms with E-state index in [4.69, 9.17) is 4.74 Å². The first kappa shape index (κ1) is 19.1. The molecule has 0 spiro atoms. The zero-order chi connectivity index (χ0) is 20.1. The van der Waals surface area contributed by atoms with Crippen molar-refractivity contribution >= 4 is 5.96 Å².